The van der Waals surface area contributed by atoms with Crippen LogP contribution in [0.15, 0.2) is 86.0 Å². The van der Waals surface area contributed by atoms with Gasteiger partial charge in [0.05, 0.1) is 39.6 Å². The van der Waals surface area contributed by atoms with Crippen LogP contribution in [0.4, 0.5) is 0 Å². The van der Waals surface area contributed by atoms with Crippen LogP contribution in [-0.2, 0) is 24.7 Å². The molecule has 0 aromatic heterocycles. The van der Waals surface area contributed by atoms with Crippen molar-refractivity contribution in [3.63, 3.8) is 0 Å². The number of carbonyl (C=O) groups is 1. The summed E-state index contributed by atoms with van der Waals surface area (Å²) >= 11 is 0. The molecule has 2 aromatic carbocycles. The fraction of sp³-hybridized carbons (Fsp3) is 0.346. The van der Waals surface area contributed by atoms with E-state index in [-0.39, 0.29) is 39.6 Å². The Morgan fingerprint density at radius 3 is 1.70 bits per heavy atom. The van der Waals surface area contributed by atoms with Gasteiger partial charge in [0, 0.05) is 11.1 Å². The number of Topliss-reactive ketones (excluding diaryl/α,β-unsaturated/α-hetero) is 1. The maximum Gasteiger partial charge on any atom is 0.261 e. The molecule has 0 aliphatic carbocycles. The van der Waals surface area contributed by atoms with E-state index in [1.807, 2.05) is 0 Å². The van der Waals surface area contributed by atoms with Gasteiger partial charge in [-0.05, 0) is 0 Å². The summed E-state index contributed by atoms with van der Waals surface area (Å²) < 4.78 is 22.6. The average molecular weight is 457 g/mol. The average Bonchev–Trinajstić information content (AvgIpc) is 2.85. The van der Waals surface area contributed by atoms with Crippen LogP contribution in [0.5, 0.6) is 0 Å². The van der Waals surface area contributed by atoms with Crippen molar-refractivity contribution in [3.8, 4) is 0 Å². The number of aliphatic hydroxyl groups is 2. The first kappa shape index (κ1) is 26.6. The van der Waals surface area contributed by atoms with Crippen LogP contribution < -0.4 is 0 Å². The fourth-order valence-corrected chi connectivity index (χ4v) is 3.01. The Balaban J connectivity index is 2.33. The van der Waals surface area contributed by atoms with E-state index < -0.39 is 23.8 Å². The maximum absolute atomic E-state index is 13.7. The molecule has 2 unspecified atom stereocenters. The van der Waals surface area contributed by atoms with E-state index in [9.17, 15) is 15.0 Å². The van der Waals surface area contributed by atoms with Crippen molar-refractivity contribution in [2.24, 2.45) is 0 Å². The third kappa shape index (κ3) is 8.33. The summed E-state index contributed by atoms with van der Waals surface area (Å²) in [7, 11) is 0. The first-order valence-corrected chi connectivity index (χ1v) is 10.7. The Labute approximate surface area is 194 Å². The molecule has 0 fully saturated rings. The van der Waals surface area contributed by atoms with Crippen LogP contribution in [0.3, 0.4) is 0 Å². The number of benzene rings is 2. The van der Waals surface area contributed by atoms with Gasteiger partial charge in [-0.1, -0.05) is 72.8 Å². The molecule has 2 atom stereocenters. The van der Waals surface area contributed by atoms with Gasteiger partial charge in [-0.25, -0.2) is 0 Å². The van der Waals surface area contributed by atoms with Gasteiger partial charge in [-0.15, -0.1) is 13.2 Å². The minimum atomic E-state index is -1.90. The molecule has 0 radical (unpaired) electrons. The first-order valence-electron chi connectivity index (χ1n) is 10.7. The third-order valence-electron chi connectivity index (χ3n) is 4.54. The van der Waals surface area contributed by atoms with Crippen molar-refractivity contribution < 1.29 is 34.0 Å². The number of hydrogen-bond donors (Lipinski definition) is 2. The van der Waals surface area contributed by atoms with Gasteiger partial charge < -0.3 is 29.2 Å². The normalized spacial score (nSPS) is 14.7. The van der Waals surface area contributed by atoms with Crippen LogP contribution >= 0.6 is 0 Å². The summed E-state index contributed by atoms with van der Waals surface area (Å²) in [5.74, 6) is -2.37. The Morgan fingerprint density at radius 1 is 0.788 bits per heavy atom. The largest absolute Gasteiger partial charge is 0.388 e. The van der Waals surface area contributed by atoms with Gasteiger partial charge >= 0.3 is 0 Å². The van der Waals surface area contributed by atoms with Gasteiger partial charge in [-0.2, -0.15) is 0 Å². The molecule has 33 heavy (non-hydrogen) atoms. The highest BCUT2D eigenvalue weighted by atomic mass is 16.7. The molecule has 0 saturated carbocycles. The van der Waals surface area contributed by atoms with E-state index in [4.69, 9.17) is 18.9 Å². The zero-order valence-corrected chi connectivity index (χ0v) is 18.7. The SMILES string of the molecule is C=CCOCC(O)COC(OCC(O)COCC=C)(C(=O)c1ccccc1)c1ccccc1. The van der Waals surface area contributed by atoms with Gasteiger partial charge in [0.2, 0.25) is 5.78 Å². The zero-order chi connectivity index (χ0) is 23.9. The lowest BCUT2D eigenvalue weighted by Crippen LogP contribution is -2.45. The molecule has 7 nitrogen and oxygen atoms in total. The number of rotatable bonds is 17. The van der Waals surface area contributed by atoms with E-state index >= 15 is 0 Å². The lowest BCUT2D eigenvalue weighted by molar-refractivity contribution is -0.233. The smallest absolute Gasteiger partial charge is 0.261 e. The molecule has 2 rings (SSSR count). The summed E-state index contributed by atoms with van der Waals surface area (Å²) in [6, 6.07) is 17.3. The minimum absolute atomic E-state index is 0.00552. The first-order chi connectivity index (χ1) is 16.0. The Hall–Kier alpha value is -2.65. The molecule has 178 valence electrons. The number of hydrogen-bond acceptors (Lipinski definition) is 7. The fourth-order valence-electron chi connectivity index (χ4n) is 3.01. The van der Waals surface area contributed by atoms with Crippen LogP contribution in [0.1, 0.15) is 15.9 Å². The van der Waals surface area contributed by atoms with Gasteiger partial charge in [0.1, 0.15) is 12.2 Å². The van der Waals surface area contributed by atoms with Crippen LogP contribution in [0.25, 0.3) is 0 Å². The highest BCUT2D eigenvalue weighted by Gasteiger charge is 2.44. The molecule has 0 bridgehead atoms. The predicted molar refractivity (Wildman–Crippen MR) is 125 cm³/mol. The van der Waals surface area contributed by atoms with E-state index in [2.05, 4.69) is 13.2 Å². The number of ketones is 1. The third-order valence-corrected chi connectivity index (χ3v) is 4.54. The van der Waals surface area contributed by atoms with Gasteiger partial charge in [0.25, 0.3) is 5.79 Å². The quantitative estimate of drug-likeness (QED) is 0.164. The number of aliphatic hydroxyl groups excluding tert-OH is 2. The Kier molecular flexibility index (Phi) is 11.7. The topological polar surface area (TPSA) is 94.5 Å². The maximum atomic E-state index is 13.7. The summed E-state index contributed by atoms with van der Waals surface area (Å²) in [5.41, 5.74) is 0.786. The lowest BCUT2D eigenvalue weighted by Gasteiger charge is -2.34. The molecule has 0 aliphatic heterocycles. The van der Waals surface area contributed by atoms with E-state index in [1.54, 1.807) is 72.8 Å². The lowest BCUT2D eigenvalue weighted by atomic mass is 9.95. The van der Waals surface area contributed by atoms with Crippen molar-refractivity contribution in [2.75, 3.05) is 39.6 Å². The molecule has 7 heteroatoms. The Bertz CT molecular complexity index is 814. The predicted octanol–water partition coefficient (Wildman–Crippen LogP) is 2.88. The standard InChI is InChI=1S/C26H32O7/c1-3-15-30-17-23(27)19-32-26(22-13-9-6-10-14-22,25(29)21-11-7-5-8-12-21)33-20-24(28)18-31-16-4-2/h3-14,23-24,27-28H,1-2,15-20H2. The van der Waals surface area contributed by atoms with Gasteiger partial charge in [0.15, 0.2) is 0 Å². The van der Waals surface area contributed by atoms with E-state index in [0.29, 0.717) is 11.1 Å². The highest BCUT2D eigenvalue weighted by Crippen LogP contribution is 2.32. The molecular formula is C26H32O7. The number of carbonyl (C=O) groups excluding carboxylic acids is 1. The van der Waals surface area contributed by atoms with E-state index in [0.717, 1.165) is 0 Å². The van der Waals surface area contributed by atoms with Crippen molar-refractivity contribution in [1.82, 2.24) is 0 Å². The molecule has 0 aliphatic rings. The summed E-state index contributed by atoms with van der Waals surface area (Å²) in [5, 5.41) is 20.7. The van der Waals surface area contributed by atoms with Crippen LogP contribution in [0, 0.1) is 0 Å². The molecule has 2 N–H and O–H groups in total. The monoisotopic (exact) mass is 456 g/mol. The second kappa shape index (κ2) is 14.5. The molecule has 0 spiro atoms. The van der Waals surface area contributed by atoms with Crippen molar-refractivity contribution in [2.45, 2.75) is 18.0 Å². The molecule has 2 aromatic rings. The zero-order valence-electron chi connectivity index (χ0n) is 18.7. The summed E-state index contributed by atoms with van der Waals surface area (Å²) in [6.45, 7) is 7.18. The van der Waals surface area contributed by atoms with Gasteiger partial charge in [-0.3, -0.25) is 4.79 Å². The molecule has 0 saturated heterocycles. The van der Waals surface area contributed by atoms with E-state index in [1.165, 1.54) is 0 Å². The second-order valence-corrected chi connectivity index (χ2v) is 7.26. The molecule has 0 heterocycles. The second-order valence-electron chi connectivity index (χ2n) is 7.26. The van der Waals surface area contributed by atoms with Crippen molar-refractivity contribution in [3.05, 3.63) is 97.1 Å². The molecular weight excluding hydrogens is 424 g/mol. The van der Waals surface area contributed by atoms with Crippen molar-refractivity contribution >= 4 is 5.78 Å². The van der Waals surface area contributed by atoms with Crippen LogP contribution in [-0.4, -0.2) is 67.8 Å². The molecule has 0 amide bonds. The highest BCUT2D eigenvalue weighted by molar-refractivity contribution is 6.02. The Morgan fingerprint density at radius 2 is 1.24 bits per heavy atom. The minimum Gasteiger partial charge on any atom is -0.388 e. The van der Waals surface area contributed by atoms with Crippen molar-refractivity contribution in [1.29, 1.82) is 0 Å². The van der Waals surface area contributed by atoms with Crippen LogP contribution in [0.2, 0.25) is 0 Å². The summed E-state index contributed by atoms with van der Waals surface area (Å²) in [6.07, 6.45) is 1.11. The summed E-state index contributed by atoms with van der Waals surface area (Å²) in [4.78, 5) is 13.7. The number of ether oxygens (including phenoxy) is 4.